The number of benzene rings is 3. The number of nitrogens with one attached hydrogen (secondary N) is 2. The molecule has 3 aromatic rings. The van der Waals surface area contributed by atoms with Crippen molar-refractivity contribution in [3.05, 3.63) is 95.1 Å². The van der Waals surface area contributed by atoms with E-state index >= 15 is 0 Å². The van der Waals surface area contributed by atoms with Crippen LogP contribution >= 0.6 is 0 Å². The molecule has 3 amide bonds. The van der Waals surface area contributed by atoms with Crippen LogP contribution in [0.15, 0.2) is 72.8 Å². The third-order valence-electron chi connectivity index (χ3n) is 6.55. The second-order valence-corrected chi connectivity index (χ2v) is 11.1. The molecule has 0 spiro atoms. The summed E-state index contributed by atoms with van der Waals surface area (Å²) >= 11 is 0. The molecular weight excluding hydrogens is 518 g/mol. The molecule has 8 heteroatoms. The molecule has 3 rings (SSSR count). The van der Waals surface area contributed by atoms with Crippen molar-refractivity contribution in [2.45, 2.75) is 72.1 Å². The topological polar surface area (TPSA) is 108 Å². The number of aromatic hydroxyl groups is 1. The van der Waals surface area contributed by atoms with Crippen LogP contribution < -0.4 is 10.6 Å². The summed E-state index contributed by atoms with van der Waals surface area (Å²) in [6.07, 6.45) is -0.00953. The average Bonchev–Trinajstić information content (AvgIpc) is 2.91. The van der Waals surface area contributed by atoms with Gasteiger partial charge in [-0.3, -0.25) is 9.59 Å². The van der Waals surface area contributed by atoms with E-state index in [1.165, 1.54) is 4.90 Å². The predicted octanol–water partition coefficient (Wildman–Crippen LogP) is 6.06. The Morgan fingerprint density at radius 2 is 1.54 bits per heavy atom. The molecule has 0 heterocycles. The highest BCUT2D eigenvalue weighted by Crippen LogP contribution is 2.33. The second kappa shape index (κ2) is 13.8. The Balaban J connectivity index is 2.08. The number of para-hydroxylation sites is 2. The minimum absolute atomic E-state index is 0.0638. The van der Waals surface area contributed by atoms with Crippen LogP contribution in [0.25, 0.3) is 0 Å². The van der Waals surface area contributed by atoms with Gasteiger partial charge in [0.2, 0.25) is 5.91 Å². The summed E-state index contributed by atoms with van der Waals surface area (Å²) in [5, 5.41) is 16.8. The predicted molar refractivity (Wildman–Crippen MR) is 161 cm³/mol. The Kier molecular flexibility index (Phi) is 10.5. The minimum Gasteiger partial charge on any atom is -0.507 e. The smallest absolute Gasteiger partial charge is 0.408 e. The first kappa shape index (κ1) is 31.2. The fraction of sp³-hybridized carbons (Fsp3) is 0.364. The molecule has 0 fully saturated rings. The molecule has 0 aliphatic rings. The zero-order valence-electron chi connectivity index (χ0n) is 24.7. The Hall–Kier alpha value is -4.33. The van der Waals surface area contributed by atoms with Crippen molar-refractivity contribution in [3.63, 3.8) is 0 Å². The molecule has 3 aromatic carbocycles. The number of hydrogen-bond acceptors (Lipinski definition) is 5. The van der Waals surface area contributed by atoms with Crippen LogP contribution in [0.2, 0.25) is 0 Å². The van der Waals surface area contributed by atoms with E-state index in [-0.39, 0.29) is 18.7 Å². The number of anilines is 1. The van der Waals surface area contributed by atoms with Gasteiger partial charge in [-0.15, -0.1) is 0 Å². The Morgan fingerprint density at radius 3 is 2.17 bits per heavy atom. The average molecular weight is 560 g/mol. The maximum atomic E-state index is 14.4. The van der Waals surface area contributed by atoms with Crippen molar-refractivity contribution in [1.82, 2.24) is 10.2 Å². The molecule has 0 aliphatic carbocycles. The van der Waals surface area contributed by atoms with Gasteiger partial charge in [0.05, 0.1) is 0 Å². The third kappa shape index (κ3) is 8.58. The molecular formula is C33H41N3O5. The van der Waals surface area contributed by atoms with Crippen LogP contribution in [0.3, 0.4) is 0 Å². The molecule has 8 nitrogen and oxygen atoms in total. The van der Waals surface area contributed by atoms with Gasteiger partial charge >= 0.3 is 6.09 Å². The molecule has 41 heavy (non-hydrogen) atoms. The molecule has 3 N–H and O–H groups in total. The van der Waals surface area contributed by atoms with Gasteiger partial charge in [0.15, 0.2) is 0 Å². The standard InChI is InChI=1S/C33H41N3O5/c1-7-20-36(31(39)27(21-24-16-9-8-10-17-24)35-32(40)41-33(4,5)6)28(25-18-13-15-23(3)29(25)37)30(38)34-26-19-12-11-14-22(26)2/h8-19,27-28,37H,7,20-21H2,1-6H3,(H,34,38)(H,35,40). The lowest BCUT2D eigenvalue weighted by Gasteiger charge is -2.35. The second-order valence-electron chi connectivity index (χ2n) is 11.1. The fourth-order valence-corrected chi connectivity index (χ4v) is 4.57. The highest BCUT2D eigenvalue weighted by Gasteiger charge is 2.37. The maximum Gasteiger partial charge on any atom is 0.408 e. The van der Waals surface area contributed by atoms with Crippen molar-refractivity contribution in [2.24, 2.45) is 0 Å². The van der Waals surface area contributed by atoms with Gasteiger partial charge in [0, 0.05) is 24.2 Å². The van der Waals surface area contributed by atoms with Crippen molar-refractivity contribution >= 4 is 23.6 Å². The number of phenols is 1. The number of hydrogen-bond donors (Lipinski definition) is 3. The fourth-order valence-electron chi connectivity index (χ4n) is 4.57. The van der Waals surface area contributed by atoms with Crippen LogP contribution in [-0.4, -0.2) is 46.1 Å². The summed E-state index contributed by atoms with van der Waals surface area (Å²) in [5.41, 5.74) is 2.40. The van der Waals surface area contributed by atoms with E-state index in [0.717, 1.165) is 11.1 Å². The van der Waals surface area contributed by atoms with Crippen molar-refractivity contribution < 1.29 is 24.2 Å². The molecule has 2 atom stereocenters. The number of alkyl carbamates (subject to hydrolysis) is 1. The highest BCUT2D eigenvalue weighted by molar-refractivity contribution is 5.99. The zero-order chi connectivity index (χ0) is 30.2. The number of phenolic OH excluding ortho intramolecular Hbond substituents is 1. The van der Waals surface area contributed by atoms with Gasteiger partial charge < -0.3 is 25.4 Å². The van der Waals surface area contributed by atoms with Crippen LogP contribution in [0.1, 0.15) is 62.4 Å². The lowest BCUT2D eigenvalue weighted by Crippen LogP contribution is -2.53. The Morgan fingerprint density at radius 1 is 0.902 bits per heavy atom. The van der Waals surface area contributed by atoms with Crippen molar-refractivity contribution in [2.75, 3.05) is 11.9 Å². The quantitative estimate of drug-likeness (QED) is 0.280. The van der Waals surface area contributed by atoms with Crippen molar-refractivity contribution in [3.8, 4) is 5.75 Å². The maximum absolute atomic E-state index is 14.4. The van der Waals surface area contributed by atoms with Gasteiger partial charge in [-0.25, -0.2) is 4.79 Å². The lowest BCUT2D eigenvalue weighted by molar-refractivity contribution is -0.140. The molecule has 218 valence electrons. The van der Waals surface area contributed by atoms with E-state index in [2.05, 4.69) is 10.6 Å². The number of nitrogens with zero attached hydrogens (tertiary/aromatic N) is 1. The monoisotopic (exact) mass is 559 g/mol. The van der Waals surface area contributed by atoms with Gasteiger partial charge in [-0.2, -0.15) is 0 Å². The van der Waals surface area contributed by atoms with Gasteiger partial charge in [0.25, 0.3) is 5.91 Å². The summed E-state index contributed by atoms with van der Waals surface area (Å²) in [4.78, 5) is 42.7. The molecule has 0 saturated carbocycles. The Bertz CT molecular complexity index is 1350. The van der Waals surface area contributed by atoms with E-state index < -0.39 is 35.6 Å². The largest absolute Gasteiger partial charge is 0.507 e. The number of carbonyl (C=O) groups excluding carboxylic acids is 3. The van der Waals surface area contributed by atoms with E-state index in [0.29, 0.717) is 23.2 Å². The molecule has 0 radical (unpaired) electrons. The first-order chi connectivity index (χ1) is 19.4. The Labute approximate surface area is 242 Å². The van der Waals surface area contributed by atoms with Gasteiger partial charge in [-0.1, -0.05) is 73.7 Å². The molecule has 2 unspecified atom stereocenters. The summed E-state index contributed by atoms with van der Waals surface area (Å²) in [7, 11) is 0. The summed E-state index contributed by atoms with van der Waals surface area (Å²) in [5.74, 6) is -1.00. The first-order valence-electron chi connectivity index (χ1n) is 13.9. The third-order valence-corrected chi connectivity index (χ3v) is 6.55. The van der Waals surface area contributed by atoms with E-state index in [4.69, 9.17) is 4.74 Å². The minimum atomic E-state index is -1.17. The summed E-state index contributed by atoms with van der Waals surface area (Å²) in [6, 6.07) is 19.6. The van der Waals surface area contributed by atoms with E-state index in [1.54, 1.807) is 52.0 Å². The van der Waals surface area contributed by atoms with E-state index in [9.17, 15) is 19.5 Å². The summed E-state index contributed by atoms with van der Waals surface area (Å²) < 4.78 is 5.48. The SMILES string of the molecule is CCCN(C(=O)C(Cc1ccccc1)NC(=O)OC(C)(C)C)C(C(=O)Nc1ccccc1C)c1cccc(C)c1O. The van der Waals surface area contributed by atoms with Crippen LogP contribution in [0.4, 0.5) is 10.5 Å². The zero-order valence-corrected chi connectivity index (χ0v) is 24.7. The molecule has 0 aliphatic heterocycles. The molecule has 0 aromatic heterocycles. The van der Waals surface area contributed by atoms with Gasteiger partial charge in [-0.05, 0) is 63.8 Å². The molecule has 0 bridgehead atoms. The highest BCUT2D eigenvalue weighted by atomic mass is 16.6. The number of rotatable bonds is 10. The summed E-state index contributed by atoms with van der Waals surface area (Å²) in [6.45, 7) is 11.0. The number of amides is 3. The van der Waals surface area contributed by atoms with Gasteiger partial charge in [0.1, 0.15) is 23.4 Å². The normalized spacial score (nSPS) is 12.6. The van der Waals surface area contributed by atoms with Crippen molar-refractivity contribution in [1.29, 1.82) is 0 Å². The van der Waals surface area contributed by atoms with Crippen LogP contribution in [0.5, 0.6) is 5.75 Å². The lowest BCUT2D eigenvalue weighted by atomic mass is 9.97. The number of ether oxygens (including phenoxy) is 1. The number of carbonyl (C=O) groups is 3. The first-order valence-corrected chi connectivity index (χ1v) is 13.9. The number of aryl methyl sites for hydroxylation is 2. The van der Waals surface area contributed by atoms with Crippen LogP contribution in [0, 0.1) is 13.8 Å². The molecule has 0 saturated heterocycles. The van der Waals surface area contributed by atoms with E-state index in [1.807, 2.05) is 62.4 Å². The van der Waals surface area contributed by atoms with Crippen LogP contribution in [-0.2, 0) is 20.7 Å².